The number of aliphatic hydroxyl groups is 1. The highest BCUT2D eigenvalue weighted by atomic mass is 32.2. The van der Waals surface area contributed by atoms with E-state index >= 15 is 0 Å². The van der Waals surface area contributed by atoms with Gasteiger partial charge in [0, 0.05) is 12.5 Å². The number of aromatic nitrogens is 2. The van der Waals surface area contributed by atoms with E-state index in [9.17, 15) is 22.3 Å². The van der Waals surface area contributed by atoms with E-state index in [0.29, 0.717) is 23.3 Å². The van der Waals surface area contributed by atoms with Crippen molar-refractivity contribution in [1.82, 2.24) is 9.55 Å². The number of ether oxygens (including phenoxy) is 2. The highest BCUT2D eigenvalue weighted by Crippen LogP contribution is 2.43. The first-order valence-corrected chi connectivity index (χ1v) is 14.5. The number of nitrogens with zero attached hydrogens (tertiary/aromatic N) is 2. The number of halogens is 2. The number of benzene rings is 3. The number of fused-ring (bicyclic) bond motifs is 3. The van der Waals surface area contributed by atoms with Crippen LogP contribution in [0, 0.1) is 0 Å². The number of rotatable bonds is 10. The van der Waals surface area contributed by atoms with Crippen LogP contribution in [0.15, 0.2) is 71.6 Å². The predicted molar refractivity (Wildman–Crippen MR) is 142 cm³/mol. The van der Waals surface area contributed by atoms with E-state index in [0.717, 1.165) is 40.8 Å². The van der Waals surface area contributed by atoms with Crippen molar-refractivity contribution in [2.75, 3.05) is 13.2 Å². The van der Waals surface area contributed by atoms with Crippen LogP contribution in [0.5, 0.6) is 5.75 Å². The van der Waals surface area contributed by atoms with E-state index in [4.69, 9.17) is 14.5 Å². The van der Waals surface area contributed by atoms with Crippen molar-refractivity contribution in [3.8, 4) is 16.9 Å². The molecule has 39 heavy (non-hydrogen) atoms. The first kappa shape index (κ1) is 25.9. The van der Waals surface area contributed by atoms with Gasteiger partial charge in [-0.3, -0.25) is 0 Å². The monoisotopic (exact) mass is 554 g/mol. The summed E-state index contributed by atoms with van der Waals surface area (Å²) in [5, 5.41) is 9.06. The zero-order valence-electron chi connectivity index (χ0n) is 21.0. The highest BCUT2D eigenvalue weighted by Gasteiger charge is 2.37. The largest absolute Gasteiger partial charge is 0.435 e. The number of aliphatic hydroxyl groups excluding tert-OH is 1. The Kier molecular flexibility index (Phi) is 6.86. The van der Waals surface area contributed by atoms with Crippen molar-refractivity contribution in [2.45, 2.75) is 54.6 Å². The van der Waals surface area contributed by atoms with Gasteiger partial charge >= 0.3 is 6.61 Å². The molecule has 0 saturated heterocycles. The second-order valence-corrected chi connectivity index (χ2v) is 12.2. The molecule has 4 aromatic rings. The fourth-order valence-electron chi connectivity index (χ4n) is 5.42. The normalized spacial score (nSPS) is 19.1. The van der Waals surface area contributed by atoms with Gasteiger partial charge in [-0.2, -0.15) is 8.78 Å². The van der Waals surface area contributed by atoms with Crippen LogP contribution in [0.1, 0.15) is 42.8 Å². The third kappa shape index (κ3) is 5.04. The summed E-state index contributed by atoms with van der Waals surface area (Å²) >= 11 is 0. The fraction of sp³-hybridized carbons (Fsp3) is 0.345. The number of alkyl halides is 2. The van der Waals surface area contributed by atoms with Crippen molar-refractivity contribution in [1.29, 1.82) is 0 Å². The minimum absolute atomic E-state index is 0.122. The van der Waals surface area contributed by atoms with Crippen LogP contribution in [-0.2, 0) is 21.0 Å². The lowest BCUT2D eigenvalue weighted by Crippen LogP contribution is -2.10. The van der Waals surface area contributed by atoms with E-state index in [-0.39, 0.29) is 36.4 Å². The second kappa shape index (κ2) is 10.3. The molecule has 2 heterocycles. The van der Waals surface area contributed by atoms with Crippen molar-refractivity contribution >= 4 is 20.9 Å². The van der Waals surface area contributed by atoms with Gasteiger partial charge in [-0.25, -0.2) is 13.4 Å². The SMILES string of the molecule is O=S(=O)(c1ccc(-c2ccc3nc4n(c3c2)C(Cc2ccccc2OC(F)F)CC4OCCO)cc1)C1CC1. The first-order valence-electron chi connectivity index (χ1n) is 13.0. The summed E-state index contributed by atoms with van der Waals surface area (Å²) in [5.41, 5.74) is 4.06. The molecule has 1 aromatic heterocycles. The number of para-hydroxylation sites is 1. The number of hydrogen-bond donors (Lipinski definition) is 1. The van der Waals surface area contributed by atoms with Crippen molar-refractivity contribution in [3.05, 3.63) is 78.1 Å². The molecular weight excluding hydrogens is 526 g/mol. The molecule has 0 amide bonds. The fourth-order valence-corrected chi connectivity index (χ4v) is 7.07. The molecule has 204 valence electrons. The predicted octanol–water partition coefficient (Wildman–Crippen LogP) is 5.48. The van der Waals surface area contributed by atoms with E-state index in [2.05, 4.69) is 4.57 Å². The van der Waals surface area contributed by atoms with Gasteiger partial charge in [0.05, 0.1) is 34.4 Å². The summed E-state index contributed by atoms with van der Waals surface area (Å²) in [6, 6.07) is 19.5. The topological polar surface area (TPSA) is 90.7 Å². The first-order chi connectivity index (χ1) is 18.8. The maximum Gasteiger partial charge on any atom is 0.387 e. The maximum absolute atomic E-state index is 13.0. The average Bonchev–Trinajstić information content (AvgIpc) is 3.65. The number of imidazole rings is 1. The van der Waals surface area contributed by atoms with Gasteiger partial charge in [0.2, 0.25) is 0 Å². The Balaban J connectivity index is 1.36. The van der Waals surface area contributed by atoms with Crippen LogP contribution in [0.2, 0.25) is 0 Å². The van der Waals surface area contributed by atoms with Gasteiger partial charge in [0.1, 0.15) is 17.7 Å². The molecule has 1 aliphatic heterocycles. The Hall–Kier alpha value is -3.34. The zero-order valence-corrected chi connectivity index (χ0v) is 21.9. The van der Waals surface area contributed by atoms with Crippen LogP contribution in [-0.4, -0.2) is 48.2 Å². The van der Waals surface area contributed by atoms with Crippen LogP contribution < -0.4 is 4.74 Å². The van der Waals surface area contributed by atoms with Crippen LogP contribution in [0.25, 0.3) is 22.2 Å². The summed E-state index contributed by atoms with van der Waals surface area (Å²) in [5.74, 6) is 0.860. The molecular formula is C29H28F2N2O5S. The molecule has 0 bridgehead atoms. The highest BCUT2D eigenvalue weighted by molar-refractivity contribution is 7.92. The number of hydrogen-bond acceptors (Lipinski definition) is 6. The molecule has 0 radical (unpaired) electrons. The molecule has 0 spiro atoms. The third-order valence-electron chi connectivity index (χ3n) is 7.39. The lowest BCUT2D eigenvalue weighted by Gasteiger charge is -2.18. The van der Waals surface area contributed by atoms with Crippen LogP contribution in [0.3, 0.4) is 0 Å². The van der Waals surface area contributed by atoms with Crippen LogP contribution >= 0.6 is 0 Å². The molecule has 1 N–H and O–H groups in total. The Morgan fingerprint density at radius 1 is 1.03 bits per heavy atom. The average molecular weight is 555 g/mol. The molecule has 2 aliphatic rings. The molecule has 10 heteroatoms. The Morgan fingerprint density at radius 2 is 1.77 bits per heavy atom. The molecule has 7 nitrogen and oxygen atoms in total. The third-order valence-corrected chi connectivity index (χ3v) is 9.67. The second-order valence-electron chi connectivity index (χ2n) is 9.98. The quantitative estimate of drug-likeness (QED) is 0.279. The minimum atomic E-state index is -3.26. The van der Waals surface area contributed by atoms with Crippen molar-refractivity contribution in [2.24, 2.45) is 0 Å². The van der Waals surface area contributed by atoms with Gasteiger partial charge in [-0.05, 0) is 66.3 Å². The Bertz CT molecular complexity index is 1600. The molecule has 1 saturated carbocycles. The van der Waals surface area contributed by atoms with E-state index in [1.165, 1.54) is 6.07 Å². The summed E-state index contributed by atoms with van der Waals surface area (Å²) in [7, 11) is -3.26. The summed E-state index contributed by atoms with van der Waals surface area (Å²) in [6.45, 7) is -2.89. The molecule has 6 rings (SSSR count). The molecule has 2 unspecified atom stereocenters. The van der Waals surface area contributed by atoms with Gasteiger partial charge in [0.25, 0.3) is 0 Å². The summed E-state index contributed by atoms with van der Waals surface area (Å²) < 4.78 is 64.0. The molecule has 1 fully saturated rings. The van der Waals surface area contributed by atoms with Gasteiger partial charge in [-0.15, -0.1) is 0 Å². The van der Waals surface area contributed by atoms with E-state index in [1.807, 2.05) is 30.3 Å². The smallest absolute Gasteiger partial charge is 0.387 e. The zero-order chi connectivity index (χ0) is 27.1. The van der Waals surface area contributed by atoms with Gasteiger partial charge in [-0.1, -0.05) is 36.4 Å². The lowest BCUT2D eigenvalue weighted by atomic mass is 10.0. The molecule has 2 atom stereocenters. The Labute approximate surface area is 224 Å². The summed E-state index contributed by atoms with van der Waals surface area (Å²) in [4.78, 5) is 5.16. The number of sulfone groups is 1. The molecule has 3 aromatic carbocycles. The van der Waals surface area contributed by atoms with Crippen molar-refractivity contribution < 1.29 is 31.8 Å². The van der Waals surface area contributed by atoms with Crippen molar-refractivity contribution in [3.63, 3.8) is 0 Å². The van der Waals surface area contributed by atoms with E-state index in [1.54, 1.807) is 30.3 Å². The maximum atomic E-state index is 13.0. The molecule has 1 aliphatic carbocycles. The lowest BCUT2D eigenvalue weighted by molar-refractivity contribution is -0.0505. The Morgan fingerprint density at radius 3 is 2.49 bits per heavy atom. The van der Waals surface area contributed by atoms with Crippen LogP contribution in [0.4, 0.5) is 8.78 Å². The van der Waals surface area contributed by atoms with Gasteiger partial charge < -0.3 is 19.1 Å². The minimum Gasteiger partial charge on any atom is -0.435 e. The summed E-state index contributed by atoms with van der Waals surface area (Å²) in [6.07, 6.45) is 2.08. The van der Waals surface area contributed by atoms with E-state index < -0.39 is 16.4 Å². The standard InChI is InChI=1S/C29H28F2N2O5S/c30-29(31)38-26-4-2-1-3-20(26)15-21-17-27(37-14-13-34)28-32-24-12-7-19(16-25(24)33(21)28)18-5-8-22(9-6-18)39(35,36)23-10-11-23/h1-9,12,16,21,23,27,29,34H,10-11,13-15,17H2. The van der Waals surface area contributed by atoms with Gasteiger partial charge in [0.15, 0.2) is 9.84 Å².